The number of esters is 3. The number of rotatable bonds is 49. The van der Waals surface area contributed by atoms with Crippen LogP contribution in [0.1, 0.15) is 284 Å². The van der Waals surface area contributed by atoms with Crippen LogP contribution >= 0.6 is 0 Å². The summed E-state index contributed by atoms with van der Waals surface area (Å²) in [6.45, 7) is 6.61. The van der Waals surface area contributed by atoms with Crippen LogP contribution < -0.4 is 0 Å². The minimum atomic E-state index is -0.779. The van der Waals surface area contributed by atoms with E-state index in [0.29, 0.717) is 19.3 Å². The molecule has 0 rings (SSSR count). The van der Waals surface area contributed by atoms with Crippen LogP contribution in [-0.2, 0) is 28.6 Å². The largest absolute Gasteiger partial charge is 0.462 e. The Balaban J connectivity index is 4.37. The zero-order chi connectivity index (χ0) is 45.1. The summed E-state index contributed by atoms with van der Waals surface area (Å²) in [6.07, 6.45) is 59.8. The molecule has 0 unspecified atom stereocenters. The molecule has 0 bridgehead atoms. The Morgan fingerprint density at radius 3 is 0.952 bits per heavy atom. The Hall–Kier alpha value is -2.37. The average Bonchev–Trinajstić information content (AvgIpc) is 3.27. The van der Waals surface area contributed by atoms with Crippen molar-refractivity contribution in [1.29, 1.82) is 0 Å². The zero-order valence-electron chi connectivity index (χ0n) is 41.4. The Labute approximate surface area is 385 Å². The predicted molar refractivity (Wildman–Crippen MR) is 266 cm³/mol. The second-order valence-electron chi connectivity index (χ2n) is 18.1. The number of hydrogen-bond acceptors (Lipinski definition) is 6. The molecule has 0 aliphatic heterocycles. The monoisotopic (exact) mass is 871 g/mol. The number of allylic oxidation sites excluding steroid dienone is 6. The second-order valence-corrected chi connectivity index (χ2v) is 18.1. The molecule has 0 aromatic heterocycles. The van der Waals surface area contributed by atoms with Gasteiger partial charge in [-0.25, -0.2) is 0 Å². The minimum absolute atomic E-state index is 0.0773. The predicted octanol–water partition coefficient (Wildman–Crippen LogP) is 17.7. The maximum Gasteiger partial charge on any atom is 0.306 e. The summed E-state index contributed by atoms with van der Waals surface area (Å²) in [6, 6.07) is 0. The van der Waals surface area contributed by atoms with E-state index in [1.54, 1.807) is 0 Å². The molecule has 0 radical (unpaired) electrons. The van der Waals surface area contributed by atoms with E-state index in [2.05, 4.69) is 57.2 Å². The van der Waals surface area contributed by atoms with E-state index < -0.39 is 6.10 Å². The lowest BCUT2D eigenvalue weighted by Gasteiger charge is -2.18. The smallest absolute Gasteiger partial charge is 0.306 e. The van der Waals surface area contributed by atoms with Crippen LogP contribution in [0.15, 0.2) is 36.5 Å². The third-order valence-corrected chi connectivity index (χ3v) is 11.9. The van der Waals surface area contributed by atoms with Gasteiger partial charge in [-0.15, -0.1) is 0 Å². The Morgan fingerprint density at radius 2 is 0.581 bits per heavy atom. The van der Waals surface area contributed by atoms with Gasteiger partial charge in [0.15, 0.2) is 6.10 Å². The third-order valence-electron chi connectivity index (χ3n) is 11.9. The fourth-order valence-electron chi connectivity index (χ4n) is 7.76. The molecule has 0 saturated carbocycles. The molecule has 0 aromatic carbocycles. The van der Waals surface area contributed by atoms with Crippen molar-refractivity contribution in [2.24, 2.45) is 0 Å². The van der Waals surface area contributed by atoms with Crippen LogP contribution in [0.4, 0.5) is 0 Å². The fraction of sp³-hybridized carbons (Fsp3) is 0.839. The molecule has 62 heavy (non-hydrogen) atoms. The second kappa shape index (κ2) is 51.3. The number of carbonyl (C=O) groups is 3. The molecule has 6 nitrogen and oxygen atoms in total. The molecule has 0 aliphatic rings. The van der Waals surface area contributed by atoms with Crippen molar-refractivity contribution in [3.8, 4) is 0 Å². The quantitative estimate of drug-likeness (QED) is 0.0262. The summed E-state index contributed by atoms with van der Waals surface area (Å²) >= 11 is 0. The van der Waals surface area contributed by atoms with Crippen LogP contribution in [0, 0.1) is 0 Å². The molecule has 0 saturated heterocycles. The van der Waals surface area contributed by atoms with Gasteiger partial charge in [0, 0.05) is 19.3 Å². The van der Waals surface area contributed by atoms with Gasteiger partial charge in [-0.2, -0.15) is 0 Å². The van der Waals surface area contributed by atoms with Crippen molar-refractivity contribution < 1.29 is 28.6 Å². The van der Waals surface area contributed by atoms with E-state index in [0.717, 1.165) is 89.9 Å². The summed E-state index contributed by atoms with van der Waals surface area (Å²) in [4.78, 5) is 38.0. The van der Waals surface area contributed by atoms with E-state index >= 15 is 0 Å². The van der Waals surface area contributed by atoms with Crippen molar-refractivity contribution in [2.75, 3.05) is 13.2 Å². The summed E-state index contributed by atoms with van der Waals surface area (Å²) < 4.78 is 16.8. The van der Waals surface area contributed by atoms with Gasteiger partial charge in [0.1, 0.15) is 13.2 Å². The van der Waals surface area contributed by atoms with Gasteiger partial charge in [0.2, 0.25) is 0 Å². The summed E-state index contributed by atoms with van der Waals surface area (Å²) in [5.41, 5.74) is 0. The summed E-state index contributed by atoms with van der Waals surface area (Å²) in [5, 5.41) is 0. The number of ether oxygens (including phenoxy) is 3. The van der Waals surface area contributed by atoms with Gasteiger partial charge < -0.3 is 14.2 Å². The van der Waals surface area contributed by atoms with Gasteiger partial charge >= 0.3 is 17.9 Å². The van der Waals surface area contributed by atoms with E-state index in [9.17, 15) is 14.4 Å². The number of carbonyl (C=O) groups excluding carboxylic acids is 3. The van der Waals surface area contributed by atoms with Crippen molar-refractivity contribution in [1.82, 2.24) is 0 Å². The Kier molecular flexibility index (Phi) is 49.3. The van der Waals surface area contributed by atoms with E-state index in [1.807, 2.05) is 0 Å². The lowest BCUT2D eigenvalue weighted by atomic mass is 10.0. The van der Waals surface area contributed by atoms with Crippen molar-refractivity contribution >= 4 is 17.9 Å². The van der Waals surface area contributed by atoms with Gasteiger partial charge in [-0.3, -0.25) is 14.4 Å². The van der Waals surface area contributed by atoms with E-state index in [1.165, 1.54) is 154 Å². The van der Waals surface area contributed by atoms with Gasteiger partial charge in [0.25, 0.3) is 0 Å². The highest BCUT2D eigenvalue weighted by Crippen LogP contribution is 2.16. The molecule has 0 amide bonds. The standard InChI is InChI=1S/C56H102O6/c1-4-7-10-13-16-19-22-25-27-29-31-34-37-40-43-46-49-55(58)61-52-53(51-60-54(57)48-45-42-39-36-33-30-24-21-18-15-12-9-6-3)62-56(59)50-47-44-41-38-35-32-28-26-23-20-17-14-11-8-5-2/h17,20-21,24,26,28,53H,4-16,18-19,22-23,25,27,29-52H2,1-3H3/b20-17+,24-21+,28-26+/t53-/m1/s1. The van der Waals surface area contributed by atoms with Crippen molar-refractivity contribution in [2.45, 2.75) is 290 Å². The van der Waals surface area contributed by atoms with Crippen LogP contribution in [0.25, 0.3) is 0 Å². The highest BCUT2D eigenvalue weighted by molar-refractivity contribution is 5.71. The fourth-order valence-corrected chi connectivity index (χ4v) is 7.76. The average molecular weight is 871 g/mol. The van der Waals surface area contributed by atoms with Crippen LogP contribution in [-0.4, -0.2) is 37.2 Å². The molecule has 0 spiro atoms. The van der Waals surface area contributed by atoms with Crippen LogP contribution in [0.5, 0.6) is 0 Å². The van der Waals surface area contributed by atoms with Crippen LogP contribution in [0.2, 0.25) is 0 Å². The molecular weight excluding hydrogens is 769 g/mol. The lowest BCUT2D eigenvalue weighted by molar-refractivity contribution is -0.167. The molecule has 0 aromatic rings. The molecule has 0 N–H and O–H groups in total. The SMILES string of the molecule is CCCCC/C=C/C/C=C/CCCCCCCC(=O)O[C@H](COC(=O)CCCCCCC/C=C/CCCCCC)COC(=O)CCCCCCCCCCCCCCCCCC. The molecule has 0 heterocycles. The molecule has 362 valence electrons. The van der Waals surface area contributed by atoms with Crippen LogP contribution in [0.3, 0.4) is 0 Å². The normalized spacial score (nSPS) is 12.2. The van der Waals surface area contributed by atoms with Crippen molar-refractivity contribution in [3.05, 3.63) is 36.5 Å². The highest BCUT2D eigenvalue weighted by Gasteiger charge is 2.19. The van der Waals surface area contributed by atoms with E-state index in [4.69, 9.17) is 14.2 Å². The number of unbranched alkanes of at least 4 members (excludes halogenated alkanes) is 32. The van der Waals surface area contributed by atoms with Gasteiger partial charge in [0.05, 0.1) is 0 Å². The van der Waals surface area contributed by atoms with E-state index in [-0.39, 0.29) is 31.1 Å². The highest BCUT2D eigenvalue weighted by atomic mass is 16.6. The lowest BCUT2D eigenvalue weighted by Crippen LogP contribution is -2.30. The first-order chi connectivity index (χ1) is 30.5. The Morgan fingerprint density at radius 1 is 0.323 bits per heavy atom. The minimum Gasteiger partial charge on any atom is -0.462 e. The third kappa shape index (κ3) is 48.7. The molecule has 0 aliphatic carbocycles. The first-order valence-corrected chi connectivity index (χ1v) is 27.0. The zero-order valence-corrected chi connectivity index (χ0v) is 41.4. The maximum absolute atomic E-state index is 12.8. The summed E-state index contributed by atoms with van der Waals surface area (Å²) in [5.74, 6) is -0.888. The molecule has 1 atom stereocenters. The first-order valence-electron chi connectivity index (χ1n) is 27.0. The van der Waals surface area contributed by atoms with Gasteiger partial charge in [-0.1, -0.05) is 224 Å². The van der Waals surface area contributed by atoms with Crippen molar-refractivity contribution in [3.63, 3.8) is 0 Å². The molecule has 6 heteroatoms. The molecular formula is C56H102O6. The number of hydrogen-bond donors (Lipinski definition) is 0. The summed E-state index contributed by atoms with van der Waals surface area (Å²) in [7, 11) is 0. The first kappa shape index (κ1) is 59.6. The maximum atomic E-state index is 12.8. The Bertz CT molecular complexity index is 1050. The topological polar surface area (TPSA) is 78.9 Å². The van der Waals surface area contributed by atoms with Gasteiger partial charge in [-0.05, 0) is 77.0 Å². The molecule has 0 fully saturated rings.